The molecule has 1 aromatic rings. The fourth-order valence-electron chi connectivity index (χ4n) is 2.68. The molecule has 102 valence electrons. The van der Waals surface area contributed by atoms with Crippen LogP contribution < -0.4 is 5.32 Å². The Morgan fingerprint density at radius 2 is 2.44 bits per heavy atom. The first-order valence-corrected chi connectivity index (χ1v) is 7.86. The molecule has 1 saturated heterocycles. The highest BCUT2D eigenvalue weighted by Gasteiger charge is 2.18. The number of piperidine rings is 1. The van der Waals surface area contributed by atoms with Crippen molar-refractivity contribution >= 4 is 11.3 Å². The summed E-state index contributed by atoms with van der Waals surface area (Å²) in [5, 5.41) is 4.54. The second-order valence-electron chi connectivity index (χ2n) is 5.40. The van der Waals surface area contributed by atoms with Crippen LogP contribution in [0.4, 0.5) is 0 Å². The molecule has 0 amide bonds. The van der Waals surface area contributed by atoms with Crippen LogP contribution in [-0.4, -0.2) is 43.6 Å². The highest BCUT2D eigenvalue weighted by Crippen LogP contribution is 2.23. The number of nitrogens with one attached hydrogen (secondary N) is 1. The molecule has 2 rings (SSSR count). The van der Waals surface area contributed by atoms with E-state index in [0.717, 1.165) is 12.5 Å². The van der Waals surface area contributed by atoms with Crippen LogP contribution in [0, 0.1) is 5.92 Å². The van der Waals surface area contributed by atoms with E-state index in [9.17, 15) is 0 Å². The predicted octanol–water partition coefficient (Wildman–Crippen LogP) is 2.18. The zero-order valence-corrected chi connectivity index (χ0v) is 12.4. The Labute approximate surface area is 115 Å². The number of likely N-dealkylation sites (tertiary alicyclic amines) is 1. The van der Waals surface area contributed by atoms with Crippen molar-refractivity contribution in [3.63, 3.8) is 0 Å². The normalized spacial score (nSPS) is 21.3. The number of hydrogen-bond donors (Lipinski definition) is 1. The summed E-state index contributed by atoms with van der Waals surface area (Å²) < 4.78 is 0. The Kier molecular flexibility index (Phi) is 5.60. The average molecular weight is 267 g/mol. The molecule has 1 aliphatic rings. The van der Waals surface area contributed by atoms with Gasteiger partial charge < -0.3 is 10.2 Å². The van der Waals surface area contributed by atoms with Gasteiger partial charge in [0.2, 0.25) is 0 Å². The van der Waals surface area contributed by atoms with Gasteiger partial charge in [0, 0.05) is 24.0 Å². The summed E-state index contributed by atoms with van der Waals surface area (Å²) in [6.07, 6.45) is 8.37. The number of nitrogens with zero attached hydrogens (tertiary/aromatic N) is 2. The smallest absolute Gasteiger partial charge is 0.0930 e. The molecule has 0 radical (unpaired) electrons. The van der Waals surface area contributed by atoms with Gasteiger partial charge in [-0.25, -0.2) is 4.98 Å². The minimum Gasteiger partial charge on any atom is -0.320 e. The Hall–Kier alpha value is -0.450. The molecule has 0 saturated carbocycles. The van der Waals surface area contributed by atoms with Gasteiger partial charge in [0.15, 0.2) is 0 Å². The lowest BCUT2D eigenvalue weighted by atomic mass is 9.95. The first-order chi connectivity index (χ1) is 8.78. The summed E-state index contributed by atoms with van der Waals surface area (Å²) in [7, 11) is 4.24. The van der Waals surface area contributed by atoms with Crippen molar-refractivity contribution < 1.29 is 0 Å². The Balaban J connectivity index is 1.78. The molecule has 0 bridgehead atoms. The monoisotopic (exact) mass is 267 g/mol. The van der Waals surface area contributed by atoms with Gasteiger partial charge in [0.25, 0.3) is 0 Å². The van der Waals surface area contributed by atoms with Crippen molar-refractivity contribution in [1.29, 1.82) is 0 Å². The molecule has 4 heteroatoms. The second-order valence-corrected chi connectivity index (χ2v) is 6.60. The minimum absolute atomic E-state index is 0.819. The number of thiazole rings is 1. The van der Waals surface area contributed by atoms with Gasteiger partial charge in [-0.05, 0) is 58.8 Å². The van der Waals surface area contributed by atoms with E-state index in [2.05, 4.69) is 28.4 Å². The lowest BCUT2D eigenvalue weighted by Crippen LogP contribution is -2.32. The van der Waals surface area contributed by atoms with E-state index in [1.807, 2.05) is 18.4 Å². The standard InChI is InChI=1S/C14H25N3S/c1-15-7-3-6-13-10-16-14(18-13)9-12-5-4-8-17(2)11-12/h10,12,15H,3-9,11H2,1-2H3. The van der Waals surface area contributed by atoms with Gasteiger partial charge in [-0.1, -0.05) is 0 Å². The Bertz CT molecular complexity index is 351. The minimum atomic E-state index is 0.819. The van der Waals surface area contributed by atoms with Crippen LogP contribution in [0.5, 0.6) is 0 Å². The molecule has 1 N–H and O–H groups in total. The maximum atomic E-state index is 4.59. The average Bonchev–Trinajstić information content (AvgIpc) is 2.77. The molecule has 0 spiro atoms. The van der Waals surface area contributed by atoms with E-state index < -0.39 is 0 Å². The molecule has 1 aliphatic heterocycles. The van der Waals surface area contributed by atoms with E-state index in [4.69, 9.17) is 0 Å². The third kappa shape index (κ3) is 4.34. The third-order valence-corrected chi connectivity index (χ3v) is 4.72. The fourth-order valence-corrected chi connectivity index (χ4v) is 3.76. The lowest BCUT2D eigenvalue weighted by molar-refractivity contribution is 0.209. The fraction of sp³-hybridized carbons (Fsp3) is 0.786. The molecule has 3 nitrogen and oxygen atoms in total. The van der Waals surface area contributed by atoms with Crippen LogP contribution in [0.1, 0.15) is 29.1 Å². The van der Waals surface area contributed by atoms with Gasteiger partial charge in [-0.15, -0.1) is 11.3 Å². The summed E-state index contributed by atoms with van der Waals surface area (Å²) in [6.45, 7) is 3.61. The van der Waals surface area contributed by atoms with Crippen molar-refractivity contribution in [2.24, 2.45) is 5.92 Å². The van der Waals surface area contributed by atoms with Crippen molar-refractivity contribution in [3.05, 3.63) is 16.1 Å². The van der Waals surface area contributed by atoms with Crippen molar-refractivity contribution in [2.75, 3.05) is 33.7 Å². The maximum Gasteiger partial charge on any atom is 0.0930 e. The molecule has 1 fully saturated rings. The lowest BCUT2D eigenvalue weighted by Gasteiger charge is -2.29. The zero-order valence-electron chi connectivity index (χ0n) is 11.6. The van der Waals surface area contributed by atoms with Gasteiger partial charge in [0.05, 0.1) is 5.01 Å². The zero-order chi connectivity index (χ0) is 12.8. The largest absolute Gasteiger partial charge is 0.320 e. The molecular formula is C14H25N3S. The van der Waals surface area contributed by atoms with E-state index in [1.165, 1.54) is 55.1 Å². The summed E-state index contributed by atoms with van der Waals surface area (Å²) in [4.78, 5) is 8.50. The summed E-state index contributed by atoms with van der Waals surface area (Å²) in [5.41, 5.74) is 0. The molecule has 0 aliphatic carbocycles. The highest BCUT2D eigenvalue weighted by atomic mass is 32.1. The molecule has 2 heterocycles. The number of hydrogen-bond acceptors (Lipinski definition) is 4. The number of rotatable bonds is 6. The van der Waals surface area contributed by atoms with Crippen molar-refractivity contribution in [2.45, 2.75) is 32.1 Å². The van der Waals surface area contributed by atoms with Crippen LogP contribution in [-0.2, 0) is 12.8 Å². The van der Waals surface area contributed by atoms with Crippen LogP contribution in [0.15, 0.2) is 6.20 Å². The van der Waals surface area contributed by atoms with Crippen molar-refractivity contribution in [1.82, 2.24) is 15.2 Å². The molecular weight excluding hydrogens is 242 g/mol. The number of aromatic nitrogens is 1. The van der Waals surface area contributed by atoms with Crippen LogP contribution >= 0.6 is 11.3 Å². The molecule has 1 aromatic heterocycles. The third-order valence-electron chi connectivity index (χ3n) is 3.64. The van der Waals surface area contributed by atoms with E-state index in [1.54, 1.807) is 0 Å². The summed E-state index contributed by atoms with van der Waals surface area (Å²) >= 11 is 1.92. The molecule has 0 aromatic carbocycles. The van der Waals surface area contributed by atoms with Gasteiger partial charge in [-0.3, -0.25) is 0 Å². The van der Waals surface area contributed by atoms with Crippen LogP contribution in [0.3, 0.4) is 0 Å². The molecule has 1 unspecified atom stereocenters. The Morgan fingerprint density at radius 1 is 1.56 bits per heavy atom. The summed E-state index contributed by atoms with van der Waals surface area (Å²) in [6, 6.07) is 0. The van der Waals surface area contributed by atoms with E-state index in [-0.39, 0.29) is 0 Å². The van der Waals surface area contributed by atoms with Gasteiger partial charge in [-0.2, -0.15) is 0 Å². The Morgan fingerprint density at radius 3 is 3.22 bits per heavy atom. The van der Waals surface area contributed by atoms with Crippen LogP contribution in [0.25, 0.3) is 0 Å². The first kappa shape index (κ1) is 14.0. The first-order valence-electron chi connectivity index (χ1n) is 7.04. The predicted molar refractivity (Wildman–Crippen MR) is 78.3 cm³/mol. The topological polar surface area (TPSA) is 28.2 Å². The molecule has 18 heavy (non-hydrogen) atoms. The van der Waals surface area contributed by atoms with Gasteiger partial charge >= 0.3 is 0 Å². The SMILES string of the molecule is CNCCCc1cnc(CC2CCCN(C)C2)s1. The van der Waals surface area contributed by atoms with E-state index in [0.29, 0.717) is 0 Å². The highest BCUT2D eigenvalue weighted by molar-refractivity contribution is 7.11. The van der Waals surface area contributed by atoms with Gasteiger partial charge in [0.1, 0.15) is 0 Å². The van der Waals surface area contributed by atoms with Crippen LogP contribution in [0.2, 0.25) is 0 Å². The quantitative estimate of drug-likeness (QED) is 0.801. The number of aryl methyl sites for hydroxylation is 1. The maximum absolute atomic E-state index is 4.59. The van der Waals surface area contributed by atoms with E-state index >= 15 is 0 Å². The second kappa shape index (κ2) is 7.22. The molecule has 1 atom stereocenters. The summed E-state index contributed by atoms with van der Waals surface area (Å²) in [5.74, 6) is 0.819. The van der Waals surface area contributed by atoms with Crippen molar-refractivity contribution in [3.8, 4) is 0 Å².